The van der Waals surface area contributed by atoms with Crippen LogP contribution in [0.1, 0.15) is 45.6 Å². The third kappa shape index (κ3) is 10.0. The Morgan fingerprint density at radius 2 is 1.67 bits per heavy atom. The molecule has 0 saturated heterocycles. The number of ether oxygens (including phenoxy) is 2. The van der Waals surface area contributed by atoms with Gasteiger partial charge < -0.3 is 14.4 Å². The molecule has 0 aliphatic heterocycles. The van der Waals surface area contributed by atoms with Crippen LogP contribution in [0.15, 0.2) is 30.3 Å². The molecule has 0 aliphatic carbocycles. The van der Waals surface area contributed by atoms with Crippen molar-refractivity contribution in [3.63, 3.8) is 0 Å². The summed E-state index contributed by atoms with van der Waals surface area (Å²) in [6, 6.07) is 9.62. The van der Waals surface area contributed by atoms with E-state index in [-0.39, 0.29) is 11.9 Å². The lowest BCUT2D eigenvalue weighted by Gasteiger charge is -2.20. The maximum absolute atomic E-state index is 11.7. The summed E-state index contributed by atoms with van der Waals surface area (Å²) in [5, 5.41) is 0. The van der Waals surface area contributed by atoms with E-state index in [1.54, 1.807) is 0 Å². The second-order valence-electron chi connectivity index (χ2n) is 6.89. The summed E-state index contributed by atoms with van der Waals surface area (Å²) in [4.78, 5) is 25.4. The number of benzene rings is 1. The normalized spacial score (nSPS) is 11.4. The molecule has 0 atom stereocenters. The van der Waals surface area contributed by atoms with Gasteiger partial charge in [-0.2, -0.15) is 0 Å². The molecule has 5 nitrogen and oxygen atoms in total. The molecular weight excluding hydrogens is 306 g/mol. The SMILES string of the molecule is CN(CCCC(=O)OC(C)(C)C)CCC(=O)OCc1ccccc1. The summed E-state index contributed by atoms with van der Waals surface area (Å²) in [5.41, 5.74) is 0.544. The molecule has 1 aromatic rings. The quantitative estimate of drug-likeness (QED) is 0.649. The van der Waals surface area contributed by atoms with Crippen LogP contribution < -0.4 is 0 Å². The summed E-state index contributed by atoms with van der Waals surface area (Å²) in [6.07, 6.45) is 1.44. The summed E-state index contributed by atoms with van der Waals surface area (Å²) in [7, 11) is 1.93. The smallest absolute Gasteiger partial charge is 0.307 e. The molecule has 0 heterocycles. The molecule has 0 saturated carbocycles. The fourth-order valence-electron chi connectivity index (χ4n) is 2.09. The van der Waals surface area contributed by atoms with Crippen LogP contribution in [-0.4, -0.2) is 42.6 Å². The van der Waals surface area contributed by atoms with Crippen LogP contribution in [-0.2, 0) is 25.7 Å². The highest BCUT2D eigenvalue weighted by Crippen LogP contribution is 2.09. The molecule has 0 amide bonds. The fraction of sp³-hybridized carbons (Fsp3) is 0.579. The lowest BCUT2D eigenvalue weighted by molar-refractivity contribution is -0.155. The van der Waals surface area contributed by atoms with Crippen molar-refractivity contribution in [2.24, 2.45) is 0 Å². The van der Waals surface area contributed by atoms with Gasteiger partial charge in [0.2, 0.25) is 0 Å². The highest BCUT2D eigenvalue weighted by Gasteiger charge is 2.16. The zero-order valence-electron chi connectivity index (χ0n) is 15.2. The lowest BCUT2D eigenvalue weighted by Crippen LogP contribution is -2.26. The van der Waals surface area contributed by atoms with E-state index in [0.717, 1.165) is 12.1 Å². The largest absolute Gasteiger partial charge is 0.461 e. The Hall–Kier alpha value is -1.88. The molecule has 0 N–H and O–H groups in total. The van der Waals surface area contributed by atoms with E-state index in [0.29, 0.717) is 32.4 Å². The molecule has 1 rings (SSSR count). The van der Waals surface area contributed by atoms with Crippen molar-refractivity contribution in [2.75, 3.05) is 20.1 Å². The van der Waals surface area contributed by atoms with Crippen LogP contribution in [0.3, 0.4) is 0 Å². The monoisotopic (exact) mass is 335 g/mol. The fourth-order valence-corrected chi connectivity index (χ4v) is 2.09. The van der Waals surface area contributed by atoms with Gasteiger partial charge in [0.05, 0.1) is 6.42 Å². The molecular formula is C19H29NO4. The van der Waals surface area contributed by atoms with E-state index in [4.69, 9.17) is 9.47 Å². The van der Waals surface area contributed by atoms with Gasteiger partial charge in [-0.15, -0.1) is 0 Å². The van der Waals surface area contributed by atoms with Gasteiger partial charge in [-0.05, 0) is 46.3 Å². The standard InChI is InChI=1S/C19H29NO4/c1-19(2,3)24-18(22)11-8-13-20(4)14-12-17(21)23-15-16-9-6-5-7-10-16/h5-7,9-10H,8,11-15H2,1-4H3. The minimum Gasteiger partial charge on any atom is -0.461 e. The number of carbonyl (C=O) groups is 2. The Labute approximate surface area is 144 Å². The first kappa shape index (κ1) is 20.2. The topological polar surface area (TPSA) is 55.8 Å². The molecule has 0 bridgehead atoms. The molecule has 134 valence electrons. The van der Waals surface area contributed by atoms with Gasteiger partial charge >= 0.3 is 11.9 Å². The summed E-state index contributed by atoms with van der Waals surface area (Å²) >= 11 is 0. The first-order valence-electron chi connectivity index (χ1n) is 8.36. The summed E-state index contributed by atoms with van der Waals surface area (Å²) in [6.45, 7) is 7.24. The Morgan fingerprint density at radius 1 is 1.00 bits per heavy atom. The number of hydrogen-bond donors (Lipinski definition) is 0. The Balaban J connectivity index is 2.11. The predicted molar refractivity (Wildman–Crippen MR) is 93.4 cm³/mol. The van der Waals surface area contributed by atoms with Crippen molar-refractivity contribution in [3.8, 4) is 0 Å². The van der Waals surface area contributed by atoms with E-state index in [2.05, 4.69) is 0 Å². The summed E-state index contributed by atoms with van der Waals surface area (Å²) < 4.78 is 10.5. The zero-order chi connectivity index (χ0) is 18.0. The van der Waals surface area contributed by atoms with Crippen molar-refractivity contribution in [1.82, 2.24) is 4.90 Å². The van der Waals surface area contributed by atoms with E-state index in [1.165, 1.54) is 0 Å². The van der Waals surface area contributed by atoms with Gasteiger partial charge in [0.25, 0.3) is 0 Å². The minimum atomic E-state index is -0.439. The third-order valence-electron chi connectivity index (χ3n) is 3.28. The predicted octanol–water partition coefficient (Wildman–Crippen LogP) is 3.17. The molecule has 24 heavy (non-hydrogen) atoms. The first-order valence-corrected chi connectivity index (χ1v) is 8.36. The zero-order valence-corrected chi connectivity index (χ0v) is 15.2. The van der Waals surface area contributed by atoms with Gasteiger partial charge in [-0.3, -0.25) is 9.59 Å². The average molecular weight is 335 g/mol. The van der Waals surface area contributed by atoms with Crippen LogP contribution in [0.2, 0.25) is 0 Å². The van der Waals surface area contributed by atoms with E-state index >= 15 is 0 Å². The van der Waals surface area contributed by atoms with Gasteiger partial charge in [-0.1, -0.05) is 30.3 Å². The van der Waals surface area contributed by atoms with E-state index < -0.39 is 5.60 Å². The van der Waals surface area contributed by atoms with Crippen LogP contribution in [0, 0.1) is 0 Å². The Bertz CT molecular complexity index is 508. The molecule has 0 unspecified atom stereocenters. The number of hydrogen-bond acceptors (Lipinski definition) is 5. The van der Waals surface area contributed by atoms with E-state index in [1.807, 2.05) is 63.1 Å². The van der Waals surface area contributed by atoms with Crippen LogP contribution in [0.25, 0.3) is 0 Å². The van der Waals surface area contributed by atoms with Gasteiger partial charge in [0.15, 0.2) is 0 Å². The van der Waals surface area contributed by atoms with Crippen LogP contribution in [0.5, 0.6) is 0 Å². The maximum atomic E-state index is 11.7. The van der Waals surface area contributed by atoms with Crippen LogP contribution >= 0.6 is 0 Å². The number of carbonyl (C=O) groups excluding carboxylic acids is 2. The minimum absolute atomic E-state index is 0.182. The maximum Gasteiger partial charge on any atom is 0.307 e. The highest BCUT2D eigenvalue weighted by atomic mass is 16.6. The van der Waals surface area contributed by atoms with Gasteiger partial charge in [0.1, 0.15) is 12.2 Å². The van der Waals surface area contributed by atoms with Crippen molar-refractivity contribution >= 4 is 11.9 Å². The van der Waals surface area contributed by atoms with Gasteiger partial charge in [0, 0.05) is 13.0 Å². The first-order chi connectivity index (χ1) is 11.3. The van der Waals surface area contributed by atoms with Crippen molar-refractivity contribution in [2.45, 2.75) is 52.2 Å². The average Bonchev–Trinajstić information content (AvgIpc) is 2.50. The lowest BCUT2D eigenvalue weighted by atomic mass is 10.2. The summed E-state index contributed by atoms with van der Waals surface area (Å²) in [5.74, 6) is -0.393. The third-order valence-corrected chi connectivity index (χ3v) is 3.28. The van der Waals surface area contributed by atoms with Crippen LogP contribution in [0.4, 0.5) is 0 Å². The van der Waals surface area contributed by atoms with Crippen molar-refractivity contribution in [1.29, 1.82) is 0 Å². The second-order valence-corrected chi connectivity index (χ2v) is 6.89. The van der Waals surface area contributed by atoms with E-state index in [9.17, 15) is 9.59 Å². The molecule has 5 heteroatoms. The Morgan fingerprint density at radius 3 is 2.29 bits per heavy atom. The number of nitrogens with zero attached hydrogens (tertiary/aromatic N) is 1. The highest BCUT2D eigenvalue weighted by molar-refractivity contribution is 5.70. The van der Waals surface area contributed by atoms with Crippen molar-refractivity contribution < 1.29 is 19.1 Å². The molecule has 0 fully saturated rings. The van der Waals surface area contributed by atoms with Crippen molar-refractivity contribution in [3.05, 3.63) is 35.9 Å². The molecule has 0 spiro atoms. The molecule has 0 aromatic heterocycles. The Kier molecular flexibility index (Phi) is 8.47. The molecule has 0 radical (unpaired) electrons. The number of esters is 2. The number of rotatable bonds is 9. The molecule has 0 aliphatic rings. The molecule has 1 aromatic carbocycles. The van der Waals surface area contributed by atoms with Gasteiger partial charge in [-0.25, -0.2) is 0 Å². The second kappa shape index (κ2) is 10.1.